The van der Waals surface area contributed by atoms with E-state index in [-0.39, 0.29) is 18.7 Å². The first-order valence-corrected chi connectivity index (χ1v) is 6.64. The maximum Gasteiger partial charge on any atom is 0.358 e. The van der Waals surface area contributed by atoms with E-state index < -0.39 is 17.8 Å². The molecule has 0 aliphatic carbocycles. The van der Waals surface area contributed by atoms with Gasteiger partial charge in [-0.15, -0.1) is 0 Å². The second kappa shape index (κ2) is 6.84. The van der Waals surface area contributed by atoms with Crippen molar-refractivity contribution < 1.29 is 23.5 Å². The van der Waals surface area contributed by atoms with Crippen LogP contribution in [0.1, 0.15) is 23.1 Å². The van der Waals surface area contributed by atoms with Crippen LogP contribution in [-0.2, 0) is 20.7 Å². The van der Waals surface area contributed by atoms with Gasteiger partial charge >= 0.3 is 11.9 Å². The fourth-order valence-electron chi connectivity index (χ4n) is 1.92. The molecule has 6 nitrogen and oxygen atoms in total. The van der Waals surface area contributed by atoms with E-state index in [2.05, 4.69) is 9.84 Å². The normalized spacial score (nSPS) is 10.3. The predicted molar refractivity (Wildman–Crippen MR) is 75.2 cm³/mol. The molecule has 1 aromatic heterocycles. The van der Waals surface area contributed by atoms with Crippen molar-refractivity contribution in [1.29, 1.82) is 0 Å². The number of hydrogen-bond acceptors (Lipinski definition) is 5. The van der Waals surface area contributed by atoms with Crippen molar-refractivity contribution in [2.24, 2.45) is 0 Å². The number of nitrogens with zero attached hydrogens (tertiary/aromatic N) is 2. The standard InChI is InChI=1S/C15H15FN2O4/c1-3-22-14(19)9-12-8-13(15(20)21-2)17-18(12)11-6-4-10(16)5-7-11/h4-8H,3,9H2,1-2H3. The first-order chi connectivity index (χ1) is 10.5. The van der Waals surface area contributed by atoms with Crippen molar-refractivity contribution in [3.05, 3.63) is 47.5 Å². The number of halogens is 1. The molecule has 0 aliphatic heterocycles. The smallest absolute Gasteiger partial charge is 0.358 e. The van der Waals surface area contributed by atoms with Crippen LogP contribution in [0.15, 0.2) is 30.3 Å². The second-order valence-electron chi connectivity index (χ2n) is 4.38. The van der Waals surface area contributed by atoms with Crippen LogP contribution in [0.4, 0.5) is 4.39 Å². The molecule has 0 aliphatic rings. The van der Waals surface area contributed by atoms with Gasteiger partial charge < -0.3 is 9.47 Å². The maximum absolute atomic E-state index is 13.0. The number of methoxy groups -OCH3 is 1. The molecule has 0 unspecified atom stereocenters. The summed E-state index contributed by atoms with van der Waals surface area (Å²) in [5.41, 5.74) is 1.03. The molecule has 0 fully saturated rings. The summed E-state index contributed by atoms with van der Waals surface area (Å²) in [6, 6.07) is 6.98. The first kappa shape index (κ1) is 15.7. The van der Waals surface area contributed by atoms with Crippen LogP contribution in [0, 0.1) is 5.82 Å². The van der Waals surface area contributed by atoms with Crippen LogP contribution >= 0.6 is 0 Å². The van der Waals surface area contributed by atoms with Gasteiger partial charge in [0.25, 0.3) is 0 Å². The molecule has 2 rings (SSSR count). The molecule has 116 valence electrons. The highest BCUT2D eigenvalue weighted by molar-refractivity contribution is 5.87. The van der Waals surface area contributed by atoms with Crippen LogP contribution in [0.3, 0.4) is 0 Å². The van der Waals surface area contributed by atoms with E-state index in [1.165, 1.54) is 42.1 Å². The molecule has 0 bridgehead atoms. The molecule has 22 heavy (non-hydrogen) atoms. The Morgan fingerprint density at radius 2 is 1.95 bits per heavy atom. The van der Waals surface area contributed by atoms with Crippen LogP contribution < -0.4 is 0 Å². The maximum atomic E-state index is 13.0. The summed E-state index contributed by atoms with van der Waals surface area (Å²) in [5.74, 6) is -1.45. The average molecular weight is 306 g/mol. The van der Waals surface area contributed by atoms with Gasteiger partial charge in [-0.25, -0.2) is 13.9 Å². The Morgan fingerprint density at radius 3 is 2.55 bits per heavy atom. The first-order valence-electron chi connectivity index (χ1n) is 6.64. The Bertz CT molecular complexity index is 679. The summed E-state index contributed by atoms with van der Waals surface area (Å²) in [6.45, 7) is 1.96. The number of ether oxygens (including phenoxy) is 2. The van der Waals surface area contributed by atoms with Gasteiger partial charge in [0.15, 0.2) is 5.69 Å². The molecule has 0 radical (unpaired) electrons. The second-order valence-corrected chi connectivity index (χ2v) is 4.38. The number of rotatable bonds is 5. The molecule has 2 aromatic rings. The van der Waals surface area contributed by atoms with Gasteiger partial charge in [0.05, 0.1) is 31.5 Å². The van der Waals surface area contributed by atoms with E-state index >= 15 is 0 Å². The zero-order valence-corrected chi connectivity index (χ0v) is 12.2. The minimum absolute atomic E-state index is 0.0603. The summed E-state index contributed by atoms with van der Waals surface area (Å²) >= 11 is 0. The number of carbonyl (C=O) groups is 2. The highest BCUT2D eigenvalue weighted by Crippen LogP contribution is 2.15. The van der Waals surface area contributed by atoms with E-state index in [1.54, 1.807) is 6.92 Å². The van der Waals surface area contributed by atoms with E-state index in [0.717, 1.165) is 0 Å². The SMILES string of the molecule is CCOC(=O)Cc1cc(C(=O)OC)nn1-c1ccc(F)cc1. The molecule has 0 amide bonds. The Hall–Kier alpha value is -2.70. The lowest BCUT2D eigenvalue weighted by Crippen LogP contribution is -2.11. The van der Waals surface area contributed by atoms with Gasteiger partial charge in [-0.1, -0.05) is 0 Å². The highest BCUT2D eigenvalue weighted by Gasteiger charge is 2.18. The lowest BCUT2D eigenvalue weighted by atomic mass is 10.2. The molecule has 1 aromatic carbocycles. The van der Waals surface area contributed by atoms with Gasteiger partial charge in [0.1, 0.15) is 5.82 Å². The summed E-state index contributed by atoms with van der Waals surface area (Å²) in [7, 11) is 1.24. The molecule has 0 atom stereocenters. The van der Waals surface area contributed by atoms with Gasteiger partial charge in [-0.2, -0.15) is 5.10 Å². The largest absolute Gasteiger partial charge is 0.466 e. The molecular formula is C15H15FN2O4. The predicted octanol–water partition coefficient (Wildman–Crippen LogP) is 1.90. The highest BCUT2D eigenvalue weighted by atomic mass is 19.1. The Morgan fingerprint density at radius 1 is 1.27 bits per heavy atom. The minimum atomic E-state index is -0.619. The van der Waals surface area contributed by atoms with Gasteiger partial charge in [-0.05, 0) is 37.3 Å². The van der Waals surface area contributed by atoms with E-state index in [4.69, 9.17) is 4.74 Å². The molecule has 0 N–H and O–H groups in total. The fraction of sp³-hybridized carbons (Fsp3) is 0.267. The van der Waals surface area contributed by atoms with E-state index in [1.807, 2.05) is 0 Å². The van der Waals surface area contributed by atoms with Crippen molar-refractivity contribution in [2.45, 2.75) is 13.3 Å². The molecule has 0 spiro atoms. The Kier molecular flexibility index (Phi) is 4.88. The zero-order valence-electron chi connectivity index (χ0n) is 12.2. The van der Waals surface area contributed by atoms with Gasteiger partial charge in [-0.3, -0.25) is 4.79 Å². The van der Waals surface area contributed by atoms with Crippen LogP contribution in [0.2, 0.25) is 0 Å². The van der Waals surface area contributed by atoms with Gasteiger partial charge in [0, 0.05) is 0 Å². The monoisotopic (exact) mass is 306 g/mol. The molecule has 0 saturated heterocycles. The molecule has 0 saturated carbocycles. The van der Waals surface area contributed by atoms with Crippen LogP contribution in [-0.4, -0.2) is 35.4 Å². The van der Waals surface area contributed by atoms with Gasteiger partial charge in [0.2, 0.25) is 0 Å². The Labute approximate surface area is 126 Å². The molecule has 1 heterocycles. The van der Waals surface area contributed by atoms with E-state index in [9.17, 15) is 14.0 Å². The van der Waals surface area contributed by atoms with Crippen molar-refractivity contribution in [3.63, 3.8) is 0 Å². The van der Waals surface area contributed by atoms with Crippen molar-refractivity contribution >= 4 is 11.9 Å². The minimum Gasteiger partial charge on any atom is -0.466 e. The number of benzene rings is 1. The van der Waals surface area contributed by atoms with Crippen molar-refractivity contribution in [2.75, 3.05) is 13.7 Å². The van der Waals surface area contributed by atoms with Crippen molar-refractivity contribution in [3.8, 4) is 5.69 Å². The summed E-state index contributed by atoms with van der Waals surface area (Å²) in [4.78, 5) is 23.3. The quantitative estimate of drug-likeness (QED) is 0.789. The fourth-order valence-corrected chi connectivity index (χ4v) is 1.92. The number of aromatic nitrogens is 2. The van der Waals surface area contributed by atoms with Crippen LogP contribution in [0.25, 0.3) is 5.69 Å². The zero-order chi connectivity index (χ0) is 16.1. The topological polar surface area (TPSA) is 70.4 Å². The third-order valence-corrected chi connectivity index (χ3v) is 2.88. The third kappa shape index (κ3) is 3.49. The summed E-state index contributed by atoms with van der Waals surface area (Å²) in [5, 5.41) is 4.11. The number of carbonyl (C=O) groups excluding carboxylic acids is 2. The molecular weight excluding hydrogens is 291 g/mol. The Balaban J connectivity index is 2.40. The third-order valence-electron chi connectivity index (χ3n) is 2.88. The number of hydrogen-bond donors (Lipinski definition) is 0. The van der Waals surface area contributed by atoms with E-state index in [0.29, 0.717) is 11.4 Å². The van der Waals surface area contributed by atoms with Crippen molar-refractivity contribution in [1.82, 2.24) is 9.78 Å². The number of esters is 2. The summed E-state index contributed by atoms with van der Waals surface area (Å²) < 4.78 is 23.9. The van der Waals surface area contributed by atoms with Crippen LogP contribution in [0.5, 0.6) is 0 Å². The molecule has 7 heteroatoms. The lowest BCUT2D eigenvalue weighted by Gasteiger charge is -2.07. The lowest BCUT2D eigenvalue weighted by molar-refractivity contribution is -0.142. The summed E-state index contributed by atoms with van der Waals surface area (Å²) in [6.07, 6.45) is -0.0603. The average Bonchev–Trinajstić information content (AvgIpc) is 2.91.